The predicted octanol–water partition coefficient (Wildman–Crippen LogP) is 1.45. The zero-order chi connectivity index (χ0) is 11.6. The van der Waals surface area contributed by atoms with E-state index in [1.54, 1.807) is 0 Å². The van der Waals surface area contributed by atoms with E-state index in [-0.39, 0.29) is 0 Å². The highest BCUT2D eigenvalue weighted by atomic mass is 15.3. The minimum Gasteiger partial charge on any atom is -0.372 e. The van der Waals surface area contributed by atoms with Crippen molar-refractivity contribution in [3.63, 3.8) is 0 Å². The van der Waals surface area contributed by atoms with Crippen molar-refractivity contribution < 1.29 is 0 Å². The third-order valence-electron chi connectivity index (χ3n) is 4.68. The Kier molecular flexibility index (Phi) is 3.21. The van der Waals surface area contributed by atoms with Crippen LogP contribution >= 0.6 is 0 Å². The molecule has 2 fully saturated rings. The van der Waals surface area contributed by atoms with E-state index >= 15 is 0 Å². The smallest absolute Gasteiger partial charge is 0.0984 e. The van der Waals surface area contributed by atoms with E-state index in [0.717, 1.165) is 0 Å². The van der Waals surface area contributed by atoms with Gasteiger partial charge in [0.2, 0.25) is 0 Å². The molecule has 0 aromatic rings. The van der Waals surface area contributed by atoms with E-state index in [1.807, 2.05) is 0 Å². The first-order valence-corrected chi connectivity index (χ1v) is 6.92. The Bertz CT molecular complexity index is 305. The van der Waals surface area contributed by atoms with Gasteiger partial charge in [0.1, 0.15) is 0 Å². The largest absolute Gasteiger partial charge is 0.372 e. The molecule has 3 heterocycles. The molecule has 3 aliphatic heterocycles. The van der Waals surface area contributed by atoms with Crippen molar-refractivity contribution >= 4 is 0 Å². The van der Waals surface area contributed by atoms with Crippen LogP contribution in [0.3, 0.4) is 0 Å². The Morgan fingerprint density at radius 3 is 2.41 bits per heavy atom. The number of hydrogen-bond donors (Lipinski definition) is 2. The molecule has 0 aromatic heterocycles. The van der Waals surface area contributed by atoms with Gasteiger partial charge in [0.15, 0.2) is 0 Å². The number of allylic oxidation sites excluding steroid dienone is 2. The SMILES string of the molecule is C1=CNC(N2CCC3(CCNCC3)CC2)C=C1. The van der Waals surface area contributed by atoms with Crippen molar-refractivity contribution in [2.24, 2.45) is 5.41 Å². The van der Waals surface area contributed by atoms with Crippen LogP contribution in [0, 0.1) is 5.41 Å². The molecular formula is C14H23N3. The standard InChI is InChI=1S/C14H23N3/c1-2-8-16-13(3-1)17-11-6-14(7-12-17)4-9-15-10-5-14/h1-3,8,13,15-16H,4-7,9-12H2. The third kappa shape index (κ3) is 2.40. The van der Waals surface area contributed by atoms with Crippen LogP contribution in [-0.4, -0.2) is 37.2 Å². The first-order chi connectivity index (χ1) is 8.38. The fourth-order valence-corrected chi connectivity index (χ4v) is 3.40. The van der Waals surface area contributed by atoms with Gasteiger partial charge in [0, 0.05) is 13.1 Å². The molecule has 0 radical (unpaired) electrons. The quantitative estimate of drug-likeness (QED) is 0.718. The van der Waals surface area contributed by atoms with Crippen molar-refractivity contribution in [3.05, 3.63) is 24.4 Å². The highest BCUT2D eigenvalue weighted by Gasteiger charge is 2.36. The molecular weight excluding hydrogens is 210 g/mol. The molecule has 0 aromatic carbocycles. The molecule has 94 valence electrons. The number of hydrogen-bond acceptors (Lipinski definition) is 3. The van der Waals surface area contributed by atoms with E-state index in [9.17, 15) is 0 Å². The van der Waals surface area contributed by atoms with E-state index in [1.165, 1.54) is 51.9 Å². The lowest BCUT2D eigenvalue weighted by Gasteiger charge is -2.46. The molecule has 3 rings (SSSR count). The van der Waals surface area contributed by atoms with Crippen LogP contribution in [-0.2, 0) is 0 Å². The number of nitrogens with one attached hydrogen (secondary N) is 2. The molecule has 0 saturated carbocycles. The van der Waals surface area contributed by atoms with Gasteiger partial charge in [-0.2, -0.15) is 0 Å². The van der Waals surface area contributed by atoms with Crippen LogP contribution < -0.4 is 10.6 Å². The van der Waals surface area contributed by atoms with Crippen LogP contribution in [0.2, 0.25) is 0 Å². The second kappa shape index (κ2) is 4.83. The van der Waals surface area contributed by atoms with Crippen LogP contribution in [0.4, 0.5) is 0 Å². The third-order valence-corrected chi connectivity index (χ3v) is 4.68. The monoisotopic (exact) mass is 233 g/mol. The summed E-state index contributed by atoms with van der Waals surface area (Å²) >= 11 is 0. The van der Waals surface area contributed by atoms with Gasteiger partial charge in [0.05, 0.1) is 6.17 Å². The first-order valence-electron chi connectivity index (χ1n) is 6.92. The van der Waals surface area contributed by atoms with Crippen molar-refractivity contribution in [1.29, 1.82) is 0 Å². The average Bonchev–Trinajstić information content (AvgIpc) is 2.42. The number of likely N-dealkylation sites (tertiary alicyclic amines) is 1. The Labute approximate surface area is 104 Å². The van der Waals surface area contributed by atoms with E-state index < -0.39 is 0 Å². The lowest BCUT2D eigenvalue weighted by Crippen LogP contribution is -2.51. The summed E-state index contributed by atoms with van der Waals surface area (Å²) in [6.45, 7) is 4.94. The summed E-state index contributed by atoms with van der Waals surface area (Å²) < 4.78 is 0. The van der Waals surface area contributed by atoms with E-state index in [4.69, 9.17) is 0 Å². The highest BCUT2D eigenvalue weighted by molar-refractivity contribution is 5.12. The van der Waals surface area contributed by atoms with Gasteiger partial charge in [-0.1, -0.05) is 6.08 Å². The summed E-state index contributed by atoms with van der Waals surface area (Å²) in [5.74, 6) is 0. The Balaban J connectivity index is 1.56. The van der Waals surface area contributed by atoms with Gasteiger partial charge < -0.3 is 10.6 Å². The highest BCUT2D eigenvalue weighted by Crippen LogP contribution is 2.39. The van der Waals surface area contributed by atoms with Gasteiger partial charge in [0.25, 0.3) is 0 Å². The lowest BCUT2D eigenvalue weighted by molar-refractivity contribution is 0.0557. The second-order valence-corrected chi connectivity index (χ2v) is 5.64. The van der Waals surface area contributed by atoms with Crippen LogP contribution in [0.5, 0.6) is 0 Å². The molecule has 1 atom stereocenters. The fourth-order valence-electron chi connectivity index (χ4n) is 3.40. The topological polar surface area (TPSA) is 27.3 Å². The first kappa shape index (κ1) is 11.3. The molecule has 3 nitrogen and oxygen atoms in total. The summed E-state index contributed by atoms with van der Waals surface area (Å²) in [6.07, 6.45) is 14.5. The maximum absolute atomic E-state index is 3.48. The summed E-state index contributed by atoms with van der Waals surface area (Å²) in [4.78, 5) is 2.58. The minimum absolute atomic E-state index is 0.430. The molecule has 0 aliphatic carbocycles. The summed E-state index contributed by atoms with van der Waals surface area (Å²) in [5, 5.41) is 6.91. The van der Waals surface area contributed by atoms with Crippen LogP contribution in [0.15, 0.2) is 24.4 Å². The van der Waals surface area contributed by atoms with Gasteiger partial charge in [-0.05, 0) is 62.5 Å². The fraction of sp³-hybridized carbons (Fsp3) is 0.714. The van der Waals surface area contributed by atoms with Gasteiger partial charge in [-0.15, -0.1) is 0 Å². The predicted molar refractivity (Wildman–Crippen MR) is 70.5 cm³/mol. The molecule has 0 amide bonds. The Morgan fingerprint density at radius 2 is 1.76 bits per heavy atom. The Hall–Kier alpha value is -0.800. The molecule has 1 unspecified atom stereocenters. The average molecular weight is 233 g/mol. The molecule has 3 heteroatoms. The molecule has 1 spiro atoms. The second-order valence-electron chi connectivity index (χ2n) is 5.64. The van der Waals surface area contributed by atoms with E-state index in [2.05, 4.69) is 40.0 Å². The molecule has 2 saturated heterocycles. The van der Waals surface area contributed by atoms with Gasteiger partial charge in [-0.25, -0.2) is 0 Å². The van der Waals surface area contributed by atoms with E-state index in [0.29, 0.717) is 11.6 Å². The normalized spacial score (nSPS) is 32.6. The molecule has 0 bridgehead atoms. The number of dihydropyridines is 1. The maximum Gasteiger partial charge on any atom is 0.0984 e. The van der Waals surface area contributed by atoms with Crippen molar-refractivity contribution in [2.45, 2.75) is 31.8 Å². The lowest BCUT2D eigenvalue weighted by atomic mass is 9.71. The van der Waals surface area contributed by atoms with Crippen molar-refractivity contribution in [3.8, 4) is 0 Å². The van der Waals surface area contributed by atoms with Crippen LogP contribution in [0.1, 0.15) is 25.7 Å². The number of nitrogens with zero attached hydrogens (tertiary/aromatic N) is 1. The summed E-state index contributed by atoms with van der Waals surface area (Å²) in [7, 11) is 0. The molecule has 17 heavy (non-hydrogen) atoms. The zero-order valence-corrected chi connectivity index (χ0v) is 10.5. The summed E-state index contributed by atoms with van der Waals surface area (Å²) in [6, 6.07) is 0. The molecule has 2 N–H and O–H groups in total. The molecule has 3 aliphatic rings. The van der Waals surface area contributed by atoms with Crippen LogP contribution in [0.25, 0.3) is 0 Å². The maximum atomic E-state index is 3.48. The van der Waals surface area contributed by atoms with Crippen molar-refractivity contribution in [1.82, 2.24) is 15.5 Å². The van der Waals surface area contributed by atoms with Crippen molar-refractivity contribution in [2.75, 3.05) is 26.2 Å². The number of rotatable bonds is 1. The minimum atomic E-state index is 0.430. The van der Waals surface area contributed by atoms with Gasteiger partial charge >= 0.3 is 0 Å². The Morgan fingerprint density at radius 1 is 1.00 bits per heavy atom. The summed E-state index contributed by atoms with van der Waals surface area (Å²) in [5.41, 5.74) is 0.663. The van der Waals surface area contributed by atoms with Gasteiger partial charge in [-0.3, -0.25) is 4.90 Å². The number of piperidine rings is 2. The zero-order valence-electron chi connectivity index (χ0n) is 10.5.